The van der Waals surface area contributed by atoms with Crippen LogP contribution in [0.1, 0.15) is 6.42 Å². The number of aliphatic hydroxyl groups is 1. The molecule has 1 aliphatic heterocycles. The Kier molecular flexibility index (Phi) is 6.24. The van der Waals surface area contributed by atoms with Crippen molar-refractivity contribution < 1.29 is 14.2 Å². The summed E-state index contributed by atoms with van der Waals surface area (Å²) in [6.07, 6.45) is 1.12. The Balaban J connectivity index is 1.67. The maximum Gasteiger partial charge on any atom is 0.123 e. The van der Waals surface area contributed by atoms with E-state index in [-0.39, 0.29) is 12.4 Å². The van der Waals surface area contributed by atoms with Gasteiger partial charge < -0.3 is 9.84 Å². The highest BCUT2D eigenvalue weighted by atomic mass is 19.1. The van der Waals surface area contributed by atoms with E-state index in [0.717, 1.165) is 45.7 Å². The smallest absolute Gasteiger partial charge is 0.123 e. The third-order valence-corrected chi connectivity index (χ3v) is 3.59. The first-order chi connectivity index (χ1) is 9.78. The van der Waals surface area contributed by atoms with E-state index in [1.54, 1.807) is 12.1 Å². The molecule has 5 heteroatoms. The number of halogens is 1. The maximum atomic E-state index is 12.8. The van der Waals surface area contributed by atoms with Crippen LogP contribution < -0.4 is 4.74 Å². The van der Waals surface area contributed by atoms with Crippen LogP contribution in [0.5, 0.6) is 5.75 Å². The van der Waals surface area contributed by atoms with Crippen LogP contribution in [0.2, 0.25) is 0 Å². The zero-order chi connectivity index (χ0) is 14.2. The van der Waals surface area contributed by atoms with E-state index in [0.29, 0.717) is 12.4 Å². The molecule has 1 N–H and O–H groups in total. The van der Waals surface area contributed by atoms with Crippen molar-refractivity contribution in [1.29, 1.82) is 0 Å². The summed E-state index contributed by atoms with van der Waals surface area (Å²) >= 11 is 0. The Hall–Kier alpha value is -1.17. The van der Waals surface area contributed by atoms with Gasteiger partial charge >= 0.3 is 0 Å². The minimum absolute atomic E-state index is 0.230. The van der Waals surface area contributed by atoms with Crippen LogP contribution in [0.3, 0.4) is 0 Å². The predicted octanol–water partition coefficient (Wildman–Crippen LogP) is 1.20. The normalized spacial score (nSPS) is 17.9. The monoisotopic (exact) mass is 282 g/mol. The van der Waals surface area contributed by atoms with Crippen molar-refractivity contribution >= 4 is 0 Å². The molecule has 0 aliphatic carbocycles. The molecule has 0 spiro atoms. The average molecular weight is 282 g/mol. The summed E-state index contributed by atoms with van der Waals surface area (Å²) in [5, 5.41) is 8.96. The second-order valence-corrected chi connectivity index (χ2v) is 5.06. The molecule has 1 aliphatic rings. The minimum atomic E-state index is -0.242. The van der Waals surface area contributed by atoms with Gasteiger partial charge in [-0.25, -0.2) is 4.39 Å². The SMILES string of the molecule is OCCN1CCCN(CCOc2ccc(F)cc2)CC1. The van der Waals surface area contributed by atoms with Gasteiger partial charge in [0.05, 0.1) is 6.61 Å². The molecular weight excluding hydrogens is 259 g/mol. The number of β-amino-alcohol motifs (C(OH)–C–C–N with tert-alkyl or cyclic N) is 1. The Labute approximate surface area is 119 Å². The Bertz CT molecular complexity index is 386. The summed E-state index contributed by atoms with van der Waals surface area (Å²) in [5.74, 6) is 0.469. The number of hydrogen-bond acceptors (Lipinski definition) is 4. The van der Waals surface area contributed by atoms with Gasteiger partial charge in [0.15, 0.2) is 0 Å². The summed E-state index contributed by atoms with van der Waals surface area (Å²) in [6.45, 7) is 6.61. The number of rotatable bonds is 6. The van der Waals surface area contributed by atoms with E-state index in [4.69, 9.17) is 9.84 Å². The molecule has 0 saturated carbocycles. The van der Waals surface area contributed by atoms with Crippen LogP contribution >= 0.6 is 0 Å². The highest BCUT2D eigenvalue weighted by molar-refractivity contribution is 5.21. The molecule has 1 heterocycles. The lowest BCUT2D eigenvalue weighted by Gasteiger charge is -2.21. The van der Waals surface area contributed by atoms with Crippen LogP contribution in [0.15, 0.2) is 24.3 Å². The summed E-state index contributed by atoms with van der Waals surface area (Å²) in [7, 11) is 0. The van der Waals surface area contributed by atoms with Crippen molar-refractivity contribution in [2.75, 3.05) is 52.5 Å². The van der Waals surface area contributed by atoms with Crippen LogP contribution in [-0.2, 0) is 0 Å². The molecule has 2 rings (SSSR count). The van der Waals surface area contributed by atoms with Gasteiger partial charge in [-0.05, 0) is 43.8 Å². The second kappa shape index (κ2) is 8.19. The van der Waals surface area contributed by atoms with Crippen LogP contribution in [0, 0.1) is 5.82 Å². The third kappa shape index (κ3) is 5.07. The van der Waals surface area contributed by atoms with Gasteiger partial charge in [0.2, 0.25) is 0 Å². The molecule has 1 aromatic carbocycles. The number of nitrogens with zero attached hydrogens (tertiary/aromatic N) is 2. The second-order valence-electron chi connectivity index (χ2n) is 5.06. The van der Waals surface area contributed by atoms with Crippen LogP contribution in [0.25, 0.3) is 0 Å². The zero-order valence-electron chi connectivity index (χ0n) is 11.8. The number of benzene rings is 1. The zero-order valence-corrected chi connectivity index (χ0v) is 11.8. The lowest BCUT2D eigenvalue weighted by molar-refractivity contribution is 0.188. The summed E-state index contributed by atoms with van der Waals surface area (Å²) in [5.41, 5.74) is 0. The largest absolute Gasteiger partial charge is 0.492 e. The van der Waals surface area contributed by atoms with Crippen molar-refractivity contribution in [2.24, 2.45) is 0 Å². The molecule has 0 aromatic heterocycles. The van der Waals surface area contributed by atoms with Gasteiger partial charge in [-0.15, -0.1) is 0 Å². The number of aliphatic hydroxyl groups excluding tert-OH is 1. The van der Waals surface area contributed by atoms with Crippen molar-refractivity contribution in [1.82, 2.24) is 9.80 Å². The first-order valence-electron chi connectivity index (χ1n) is 7.22. The highest BCUT2D eigenvalue weighted by Gasteiger charge is 2.13. The molecule has 1 saturated heterocycles. The average Bonchev–Trinajstić information content (AvgIpc) is 2.67. The maximum absolute atomic E-state index is 12.8. The topological polar surface area (TPSA) is 35.9 Å². The molecule has 4 nitrogen and oxygen atoms in total. The first kappa shape index (κ1) is 15.2. The fourth-order valence-corrected chi connectivity index (χ4v) is 2.44. The van der Waals surface area contributed by atoms with Crippen molar-refractivity contribution in [3.63, 3.8) is 0 Å². The fourth-order valence-electron chi connectivity index (χ4n) is 2.44. The van der Waals surface area contributed by atoms with Gasteiger partial charge in [0, 0.05) is 26.2 Å². The standard InChI is InChI=1S/C15H23FN2O2/c16-14-2-4-15(5-3-14)20-13-11-18-7-1-6-17(8-9-18)10-12-19/h2-5,19H,1,6-13H2. The Morgan fingerprint density at radius 2 is 1.65 bits per heavy atom. The molecule has 0 radical (unpaired) electrons. The Morgan fingerprint density at radius 1 is 1.00 bits per heavy atom. The first-order valence-corrected chi connectivity index (χ1v) is 7.22. The lowest BCUT2D eigenvalue weighted by Crippen LogP contribution is -2.34. The summed E-state index contributed by atoms with van der Waals surface area (Å²) < 4.78 is 18.4. The van der Waals surface area contributed by atoms with E-state index in [1.165, 1.54) is 12.1 Å². The molecule has 0 atom stereocenters. The summed E-state index contributed by atoms with van der Waals surface area (Å²) in [4.78, 5) is 4.67. The van der Waals surface area contributed by atoms with E-state index >= 15 is 0 Å². The molecule has 0 unspecified atom stereocenters. The van der Waals surface area contributed by atoms with Crippen molar-refractivity contribution in [2.45, 2.75) is 6.42 Å². The molecular formula is C15H23FN2O2. The van der Waals surface area contributed by atoms with E-state index in [2.05, 4.69) is 9.80 Å². The quantitative estimate of drug-likeness (QED) is 0.850. The van der Waals surface area contributed by atoms with E-state index in [9.17, 15) is 4.39 Å². The predicted molar refractivity (Wildman–Crippen MR) is 76.5 cm³/mol. The van der Waals surface area contributed by atoms with Crippen molar-refractivity contribution in [3.05, 3.63) is 30.1 Å². The molecule has 0 bridgehead atoms. The molecule has 0 amide bonds. The van der Waals surface area contributed by atoms with Gasteiger partial charge in [-0.1, -0.05) is 0 Å². The number of hydrogen-bond donors (Lipinski definition) is 1. The molecule has 112 valence electrons. The van der Waals surface area contributed by atoms with E-state index in [1.807, 2.05) is 0 Å². The van der Waals surface area contributed by atoms with Gasteiger partial charge in [-0.3, -0.25) is 9.80 Å². The third-order valence-electron chi connectivity index (χ3n) is 3.59. The number of ether oxygens (including phenoxy) is 1. The van der Waals surface area contributed by atoms with Crippen LogP contribution in [0.4, 0.5) is 4.39 Å². The van der Waals surface area contributed by atoms with Crippen molar-refractivity contribution in [3.8, 4) is 5.75 Å². The summed E-state index contributed by atoms with van der Waals surface area (Å²) in [6, 6.07) is 6.13. The molecule has 1 fully saturated rings. The van der Waals surface area contributed by atoms with Gasteiger partial charge in [0.25, 0.3) is 0 Å². The van der Waals surface area contributed by atoms with Crippen LogP contribution in [-0.4, -0.2) is 67.4 Å². The minimum Gasteiger partial charge on any atom is -0.492 e. The molecule has 1 aromatic rings. The lowest BCUT2D eigenvalue weighted by atomic mass is 10.3. The van der Waals surface area contributed by atoms with Gasteiger partial charge in [-0.2, -0.15) is 0 Å². The highest BCUT2D eigenvalue weighted by Crippen LogP contribution is 2.11. The van der Waals surface area contributed by atoms with Gasteiger partial charge in [0.1, 0.15) is 18.2 Å². The Morgan fingerprint density at radius 3 is 2.30 bits per heavy atom. The fraction of sp³-hybridized carbons (Fsp3) is 0.600. The van der Waals surface area contributed by atoms with E-state index < -0.39 is 0 Å². The molecule has 20 heavy (non-hydrogen) atoms.